The van der Waals surface area contributed by atoms with Gasteiger partial charge in [-0.2, -0.15) is 5.26 Å². The molecular formula is C24H31FN2. The minimum absolute atomic E-state index is 0.168. The Morgan fingerprint density at radius 2 is 1.67 bits per heavy atom. The molecular weight excluding hydrogens is 335 g/mol. The van der Waals surface area contributed by atoms with Crippen molar-refractivity contribution in [3.63, 3.8) is 0 Å². The van der Waals surface area contributed by atoms with Crippen molar-refractivity contribution in [2.24, 2.45) is 0 Å². The molecule has 2 aromatic rings. The first-order chi connectivity index (χ1) is 13.0. The Kier molecular flexibility index (Phi) is 8.48. The fourth-order valence-electron chi connectivity index (χ4n) is 3.26. The van der Waals surface area contributed by atoms with Gasteiger partial charge < -0.3 is 0 Å². The van der Waals surface area contributed by atoms with Crippen LogP contribution in [0.15, 0.2) is 54.6 Å². The molecule has 0 N–H and O–H groups in total. The van der Waals surface area contributed by atoms with Crippen LogP contribution < -0.4 is 0 Å². The van der Waals surface area contributed by atoms with E-state index in [-0.39, 0.29) is 5.92 Å². The van der Waals surface area contributed by atoms with Crippen LogP contribution in [0.3, 0.4) is 0 Å². The highest BCUT2D eigenvalue weighted by Gasteiger charge is 2.38. The molecule has 3 rings (SSSR count). The molecule has 3 heteroatoms. The molecule has 2 nitrogen and oxygen atoms in total. The van der Waals surface area contributed by atoms with Gasteiger partial charge in [0, 0.05) is 25.4 Å². The van der Waals surface area contributed by atoms with E-state index < -0.39 is 6.17 Å². The molecule has 27 heavy (non-hydrogen) atoms. The predicted octanol–water partition coefficient (Wildman–Crippen LogP) is 5.89. The van der Waals surface area contributed by atoms with Gasteiger partial charge in [0.05, 0.1) is 6.07 Å². The van der Waals surface area contributed by atoms with E-state index in [1.165, 1.54) is 23.6 Å². The summed E-state index contributed by atoms with van der Waals surface area (Å²) in [4.78, 5) is 2.53. The Balaban J connectivity index is 0.000000817. The summed E-state index contributed by atoms with van der Waals surface area (Å²) < 4.78 is 13.1. The average Bonchev–Trinajstić information content (AvgIpc) is 3.39. The third-order valence-electron chi connectivity index (χ3n) is 4.99. The highest BCUT2D eigenvalue weighted by atomic mass is 19.1. The summed E-state index contributed by atoms with van der Waals surface area (Å²) in [5.74, 6) is 0.168. The molecule has 0 aliphatic heterocycles. The zero-order chi connectivity index (χ0) is 19.6. The van der Waals surface area contributed by atoms with Crippen LogP contribution >= 0.6 is 0 Å². The van der Waals surface area contributed by atoms with E-state index in [1.54, 1.807) is 6.07 Å². The van der Waals surface area contributed by atoms with Gasteiger partial charge in [0.1, 0.15) is 6.17 Å². The van der Waals surface area contributed by atoms with E-state index in [1.807, 2.05) is 0 Å². The van der Waals surface area contributed by atoms with E-state index in [9.17, 15) is 4.39 Å². The number of aryl methyl sites for hydroxylation is 1. The summed E-state index contributed by atoms with van der Waals surface area (Å²) in [6.07, 6.45) is 2.34. The second-order valence-electron chi connectivity index (χ2n) is 7.48. The molecule has 0 amide bonds. The number of nitrogens with zero attached hydrogens (tertiary/aromatic N) is 2. The van der Waals surface area contributed by atoms with E-state index in [4.69, 9.17) is 5.26 Å². The number of halogens is 1. The molecule has 1 fully saturated rings. The van der Waals surface area contributed by atoms with Crippen molar-refractivity contribution in [3.8, 4) is 6.07 Å². The standard InChI is InChI=1S/C22H28FN.C2H3N/c1-17(2)24(16-19-7-4-3-5-8-19)14-6-9-18-10-12-20(13-11-18)21-15-22(21)23;1-2-3/h3-5,7-8,10-13,17,21-22H,6,9,14-16H2,1-2H3;1H3. The molecule has 1 saturated carbocycles. The van der Waals surface area contributed by atoms with Gasteiger partial charge in [-0.15, -0.1) is 0 Å². The van der Waals surface area contributed by atoms with Crippen molar-refractivity contribution in [1.29, 1.82) is 5.26 Å². The molecule has 0 aromatic heterocycles. The topological polar surface area (TPSA) is 27.0 Å². The minimum Gasteiger partial charge on any atom is -0.297 e. The molecule has 0 spiro atoms. The lowest BCUT2D eigenvalue weighted by Gasteiger charge is -2.26. The molecule has 144 valence electrons. The maximum absolute atomic E-state index is 13.1. The summed E-state index contributed by atoms with van der Waals surface area (Å²) in [5.41, 5.74) is 3.90. The zero-order valence-electron chi connectivity index (χ0n) is 16.7. The highest BCUT2D eigenvalue weighted by Crippen LogP contribution is 2.43. The van der Waals surface area contributed by atoms with Gasteiger partial charge >= 0.3 is 0 Å². The maximum Gasteiger partial charge on any atom is 0.108 e. The van der Waals surface area contributed by atoms with Gasteiger partial charge in [0.2, 0.25) is 0 Å². The summed E-state index contributed by atoms with van der Waals surface area (Å²) in [6.45, 7) is 8.07. The quantitative estimate of drug-likeness (QED) is 0.583. The van der Waals surface area contributed by atoms with Gasteiger partial charge in [0.15, 0.2) is 0 Å². The highest BCUT2D eigenvalue weighted by molar-refractivity contribution is 5.30. The number of hydrogen-bond donors (Lipinski definition) is 0. The lowest BCUT2D eigenvalue weighted by Crippen LogP contribution is -2.31. The van der Waals surface area contributed by atoms with Crippen molar-refractivity contribution >= 4 is 0 Å². The van der Waals surface area contributed by atoms with E-state index in [0.29, 0.717) is 12.5 Å². The monoisotopic (exact) mass is 366 g/mol. The van der Waals surface area contributed by atoms with Crippen LogP contribution in [0.25, 0.3) is 0 Å². The van der Waals surface area contributed by atoms with Crippen LogP contribution in [0.5, 0.6) is 0 Å². The molecule has 2 atom stereocenters. The van der Waals surface area contributed by atoms with Crippen molar-refractivity contribution in [1.82, 2.24) is 4.90 Å². The molecule has 2 aromatic carbocycles. The maximum atomic E-state index is 13.1. The van der Waals surface area contributed by atoms with Crippen molar-refractivity contribution in [2.75, 3.05) is 6.54 Å². The lowest BCUT2D eigenvalue weighted by molar-refractivity contribution is 0.210. The predicted molar refractivity (Wildman–Crippen MR) is 110 cm³/mol. The second-order valence-corrected chi connectivity index (χ2v) is 7.48. The summed E-state index contributed by atoms with van der Waals surface area (Å²) >= 11 is 0. The average molecular weight is 367 g/mol. The number of rotatable bonds is 8. The first kappa shape index (κ1) is 21.1. The Morgan fingerprint density at radius 1 is 1.07 bits per heavy atom. The molecule has 0 heterocycles. The van der Waals surface area contributed by atoms with Crippen molar-refractivity contribution < 1.29 is 4.39 Å². The van der Waals surface area contributed by atoms with Gasteiger partial charge in [-0.25, -0.2) is 4.39 Å². The van der Waals surface area contributed by atoms with Crippen LogP contribution in [0, 0.1) is 11.3 Å². The molecule has 2 unspecified atom stereocenters. The summed E-state index contributed by atoms with van der Waals surface area (Å²) in [6, 6.07) is 21.6. The van der Waals surface area contributed by atoms with Gasteiger partial charge in [-0.3, -0.25) is 4.90 Å². The van der Waals surface area contributed by atoms with Crippen molar-refractivity contribution in [2.45, 2.75) is 64.7 Å². The normalized spacial score (nSPS) is 18.0. The van der Waals surface area contributed by atoms with Gasteiger partial charge in [0.25, 0.3) is 0 Å². The largest absolute Gasteiger partial charge is 0.297 e. The Bertz CT molecular complexity index is 703. The van der Waals surface area contributed by atoms with Crippen LogP contribution in [-0.4, -0.2) is 23.7 Å². The SMILES string of the molecule is CC#N.CC(C)N(CCCc1ccc(C2CC2F)cc1)Cc1ccccc1. The van der Waals surface area contributed by atoms with E-state index >= 15 is 0 Å². The molecule has 0 bridgehead atoms. The summed E-state index contributed by atoms with van der Waals surface area (Å²) in [5, 5.41) is 7.32. The van der Waals surface area contributed by atoms with Crippen LogP contribution in [0.1, 0.15) is 56.2 Å². The van der Waals surface area contributed by atoms with Crippen LogP contribution in [0.4, 0.5) is 4.39 Å². The van der Waals surface area contributed by atoms with Gasteiger partial charge in [-0.05, 0) is 56.3 Å². The van der Waals surface area contributed by atoms with Crippen molar-refractivity contribution in [3.05, 3.63) is 71.3 Å². The fourth-order valence-corrected chi connectivity index (χ4v) is 3.26. The Hall–Kier alpha value is -2.18. The first-order valence-corrected chi connectivity index (χ1v) is 9.86. The first-order valence-electron chi connectivity index (χ1n) is 9.86. The number of alkyl halides is 1. The second kappa shape index (κ2) is 10.8. The van der Waals surface area contributed by atoms with Crippen LogP contribution in [0.2, 0.25) is 0 Å². The number of hydrogen-bond acceptors (Lipinski definition) is 2. The third-order valence-corrected chi connectivity index (χ3v) is 4.99. The van der Waals surface area contributed by atoms with Gasteiger partial charge in [-0.1, -0.05) is 54.6 Å². The Morgan fingerprint density at radius 3 is 2.19 bits per heavy atom. The molecule has 1 aliphatic carbocycles. The minimum atomic E-state index is -0.603. The zero-order valence-corrected chi connectivity index (χ0v) is 16.7. The smallest absolute Gasteiger partial charge is 0.108 e. The number of nitriles is 1. The summed E-state index contributed by atoms with van der Waals surface area (Å²) in [7, 11) is 0. The molecule has 0 saturated heterocycles. The van der Waals surface area contributed by atoms with E-state index in [0.717, 1.165) is 25.9 Å². The lowest BCUT2D eigenvalue weighted by atomic mass is 10.0. The van der Waals surface area contributed by atoms with E-state index in [2.05, 4.69) is 73.3 Å². The van der Waals surface area contributed by atoms with Crippen LogP contribution in [-0.2, 0) is 13.0 Å². The fraction of sp³-hybridized carbons (Fsp3) is 0.458. The number of benzene rings is 2. The molecule has 0 radical (unpaired) electrons. The Labute approximate surface area is 163 Å². The molecule has 1 aliphatic rings. The third kappa shape index (κ3) is 7.15.